The van der Waals surface area contributed by atoms with Crippen molar-refractivity contribution in [2.24, 2.45) is 11.1 Å². The number of nitrogens with two attached hydrogens (primary N) is 1. The molecule has 0 aromatic carbocycles. The zero-order valence-electron chi connectivity index (χ0n) is 9.27. The van der Waals surface area contributed by atoms with E-state index in [0.717, 1.165) is 0 Å². The normalized spacial score (nSPS) is 24.0. The van der Waals surface area contributed by atoms with Gasteiger partial charge in [-0.15, -0.1) is 0 Å². The van der Waals surface area contributed by atoms with Gasteiger partial charge in [-0.05, 0) is 13.3 Å². The molecule has 2 rings (SSSR count). The van der Waals surface area contributed by atoms with Crippen molar-refractivity contribution in [1.29, 1.82) is 0 Å². The predicted molar refractivity (Wildman–Crippen MR) is 66.6 cm³/mol. The number of aldehydes is 1. The molecular formula is C10H12ClN3O2S. The molecular weight excluding hydrogens is 262 g/mol. The second kappa shape index (κ2) is 4.27. The topological polar surface area (TPSA) is 76.3 Å². The van der Waals surface area contributed by atoms with Crippen LogP contribution in [0.15, 0.2) is 0 Å². The fourth-order valence-electron chi connectivity index (χ4n) is 1.84. The number of amides is 1. The quantitative estimate of drug-likeness (QED) is 0.843. The maximum atomic E-state index is 11.3. The van der Waals surface area contributed by atoms with Crippen molar-refractivity contribution in [1.82, 2.24) is 4.98 Å². The highest BCUT2D eigenvalue weighted by atomic mass is 35.5. The Bertz CT molecular complexity index is 476. The van der Waals surface area contributed by atoms with Gasteiger partial charge in [0, 0.05) is 13.1 Å². The lowest BCUT2D eigenvalue weighted by Crippen LogP contribution is -2.37. The number of hydrogen-bond donors (Lipinski definition) is 1. The molecule has 1 saturated heterocycles. The monoisotopic (exact) mass is 273 g/mol. The van der Waals surface area contributed by atoms with Gasteiger partial charge in [0.15, 0.2) is 16.6 Å². The van der Waals surface area contributed by atoms with Gasteiger partial charge in [-0.3, -0.25) is 9.59 Å². The molecule has 5 nitrogen and oxygen atoms in total. The Labute approximate surface area is 108 Å². The van der Waals surface area contributed by atoms with Crippen LogP contribution in [0.1, 0.15) is 23.0 Å². The van der Waals surface area contributed by atoms with Crippen LogP contribution in [0.3, 0.4) is 0 Å². The van der Waals surface area contributed by atoms with Gasteiger partial charge in [-0.2, -0.15) is 0 Å². The number of rotatable bonds is 3. The molecule has 0 saturated carbocycles. The molecule has 92 valence electrons. The van der Waals surface area contributed by atoms with Gasteiger partial charge < -0.3 is 10.6 Å². The summed E-state index contributed by atoms with van der Waals surface area (Å²) in [6.45, 7) is 3.05. The van der Waals surface area contributed by atoms with Crippen LogP contribution in [0.25, 0.3) is 0 Å². The highest BCUT2D eigenvalue weighted by Gasteiger charge is 2.39. The number of carbonyl (C=O) groups is 2. The van der Waals surface area contributed by atoms with Crippen molar-refractivity contribution in [3.05, 3.63) is 10.0 Å². The van der Waals surface area contributed by atoms with Gasteiger partial charge in [0.2, 0.25) is 5.91 Å². The van der Waals surface area contributed by atoms with Crippen molar-refractivity contribution >= 4 is 40.3 Å². The Morgan fingerprint density at radius 3 is 2.88 bits per heavy atom. The molecule has 1 fully saturated rings. The molecule has 0 spiro atoms. The third-order valence-electron chi connectivity index (χ3n) is 3.04. The van der Waals surface area contributed by atoms with Crippen molar-refractivity contribution in [3.63, 3.8) is 0 Å². The average molecular weight is 274 g/mol. The zero-order valence-corrected chi connectivity index (χ0v) is 10.8. The number of halogens is 1. The van der Waals surface area contributed by atoms with Gasteiger partial charge in [0.25, 0.3) is 0 Å². The molecule has 0 aliphatic carbocycles. The first-order chi connectivity index (χ1) is 7.96. The van der Waals surface area contributed by atoms with Crippen molar-refractivity contribution in [3.8, 4) is 0 Å². The van der Waals surface area contributed by atoms with Crippen LogP contribution in [0.2, 0.25) is 5.15 Å². The highest BCUT2D eigenvalue weighted by molar-refractivity contribution is 7.17. The number of primary amides is 1. The van der Waals surface area contributed by atoms with Gasteiger partial charge in [0.1, 0.15) is 4.88 Å². The number of aromatic nitrogens is 1. The van der Waals surface area contributed by atoms with E-state index in [0.29, 0.717) is 35.8 Å². The average Bonchev–Trinajstić information content (AvgIpc) is 2.83. The Balaban J connectivity index is 2.20. The second-order valence-corrected chi connectivity index (χ2v) is 5.73. The number of anilines is 1. The lowest BCUT2D eigenvalue weighted by Gasteiger charge is -2.20. The standard InChI is InChI=1S/C10H12ClN3O2S/c1-10(8(12)16)2-3-14(5-10)9-13-7(11)6(4-15)17-9/h4H,2-3,5H2,1H3,(H2,12,16). The zero-order chi connectivity index (χ0) is 12.6. The summed E-state index contributed by atoms with van der Waals surface area (Å²) in [6.07, 6.45) is 1.38. The van der Waals surface area contributed by atoms with Crippen LogP contribution in [0.4, 0.5) is 5.13 Å². The van der Waals surface area contributed by atoms with E-state index in [9.17, 15) is 9.59 Å². The largest absolute Gasteiger partial charge is 0.369 e. The number of nitrogens with zero attached hydrogens (tertiary/aromatic N) is 2. The smallest absolute Gasteiger partial charge is 0.225 e. The van der Waals surface area contributed by atoms with Crippen LogP contribution in [-0.4, -0.2) is 30.3 Å². The molecule has 1 unspecified atom stereocenters. The summed E-state index contributed by atoms with van der Waals surface area (Å²) in [7, 11) is 0. The molecule has 1 aliphatic heterocycles. The van der Waals surface area contributed by atoms with Crippen LogP contribution in [-0.2, 0) is 4.79 Å². The van der Waals surface area contributed by atoms with Gasteiger partial charge >= 0.3 is 0 Å². The summed E-state index contributed by atoms with van der Waals surface area (Å²) in [5, 5.41) is 0.884. The van der Waals surface area contributed by atoms with Crippen molar-refractivity contribution < 1.29 is 9.59 Å². The summed E-state index contributed by atoms with van der Waals surface area (Å²) in [5.74, 6) is -0.307. The minimum Gasteiger partial charge on any atom is -0.369 e. The number of carbonyl (C=O) groups excluding carboxylic acids is 2. The fraction of sp³-hybridized carbons (Fsp3) is 0.500. The van der Waals surface area contributed by atoms with Crippen LogP contribution >= 0.6 is 22.9 Å². The van der Waals surface area contributed by atoms with E-state index < -0.39 is 5.41 Å². The van der Waals surface area contributed by atoms with Crippen LogP contribution < -0.4 is 10.6 Å². The third kappa shape index (κ3) is 2.14. The Morgan fingerprint density at radius 1 is 1.71 bits per heavy atom. The molecule has 7 heteroatoms. The minimum atomic E-state index is -0.528. The van der Waals surface area contributed by atoms with E-state index in [1.807, 2.05) is 11.8 Å². The summed E-state index contributed by atoms with van der Waals surface area (Å²) in [4.78, 5) is 28.5. The molecule has 0 bridgehead atoms. The Morgan fingerprint density at radius 2 is 2.41 bits per heavy atom. The van der Waals surface area contributed by atoms with Crippen LogP contribution in [0, 0.1) is 5.41 Å². The van der Waals surface area contributed by atoms with Gasteiger partial charge in [-0.1, -0.05) is 22.9 Å². The summed E-state index contributed by atoms with van der Waals surface area (Å²) >= 11 is 7.04. The molecule has 2 N–H and O–H groups in total. The second-order valence-electron chi connectivity index (χ2n) is 4.37. The van der Waals surface area contributed by atoms with Crippen molar-refractivity contribution in [2.45, 2.75) is 13.3 Å². The number of hydrogen-bond acceptors (Lipinski definition) is 5. The van der Waals surface area contributed by atoms with Crippen molar-refractivity contribution in [2.75, 3.05) is 18.0 Å². The van der Waals surface area contributed by atoms with E-state index in [-0.39, 0.29) is 11.1 Å². The molecule has 0 radical (unpaired) electrons. The van der Waals surface area contributed by atoms with E-state index >= 15 is 0 Å². The number of thiazole rings is 1. The summed E-state index contributed by atoms with van der Waals surface area (Å²) in [6, 6.07) is 0. The summed E-state index contributed by atoms with van der Waals surface area (Å²) in [5.41, 5.74) is 4.84. The first-order valence-corrected chi connectivity index (χ1v) is 6.32. The third-order valence-corrected chi connectivity index (χ3v) is 4.49. The SMILES string of the molecule is CC1(C(N)=O)CCN(c2nc(Cl)c(C=O)s2)C1. The molecule has 1 amide bonds. The Hall–Kier alpha value is -1.14. The Kier molecular flexibility index (Phi) is 3.09. The maximum absolute atomic E-state index is 11.3. The molecule has 17 heavy (non-hydrogen) atoms. The predicted octanol–water partition coefficient (Wildman–Crippen LogP) is 1.31. The maximum Gasteiger partial charge on any atom is 0.225 e. The minimum absolute atomic E-state index is 0.215. The lowest BCUT2D eigenvalue weighted by atomic mass is 9.89. The van der Waals surface area contributed by atoms with Crippen LogP contribution in [0.5, 0.6) is 0 Å². The van der Waals surface area contributed by atoms with E-state index in [1.165, 1.54) is 11.3 Å². The molecule has 2 heterocycles. The first-order valence-electron chi connectivity index (χ1n) is 5.12. The van der Waals surface area contributed by atoms with Gasteiger partial charge in [-0.25, -0.2) is 4.98 Å². The fourth-order valence-corrected chi connectivity index (χ4v) is 2.92. The summed E-state index contributed by atoms with van der Waals surface area (Å²) < 4.78 is 0. The first kappa shape index (κ1) is 12.3. The van der Waals surface area contributed by atoms with E-state index in [4.69, 9.17) is 17.3 Å². The molecule has 1 aromatic rings. The van der Waals surface area contributed by atoms with E-state index in [1.54, 1.807) is 0 Å². The lowest BCUT2D eigenvalue weighted by molar-refractivity contribution is -0.125. The molecule has 1 atom stereocenters. The van der Waals surface area contributed by atoms with E-state index in [2.05, 4.69) is 4.98 Å². The molecule has 1 aliphatic rings. The molecule has 1 aromatic heterocycles. The highest BCUT2D eigenvalue weighted by Crippen LogP contribution is 2.36. The van der Waals surface area contributed by atoms with Gasteiger partial charge in [0.05, 0.1) is 5.41 Å².